The van der Waals surface area contributed by atoms with Gasteiger partial charge in [0.25, 0.3) is 0 Å². The Hall–Kier alpha value is -0.160. The van der Waals surface area contributed by atoms with Gasteiger partial charge in [-0.1, -0.05) is 13.8 Å². The van der Waals surface area contributed by atoms with E-state index in [-0.39, 0.29) is 12.2 Å². The molecule has 0 saturated heterocycles. The van der Waals surface area contributed by atoms with E-state index in [1.807, 2.05) is 13.8 Å². The summed E-state index contributed by atoms with van der Waals surface area (Å²) in [6.07, 6.45) is 1.44. The van der Waals surface area contributed by atoms with E-state index in [2.05, 4.69) is 42.3 Å². The van der Waals surface area contributed by atoms with E-state index in [4.69, 9.17) is 0 Å². The molecule has 112 valence electrons. The molecule has 0 aromatic rings. The fourth-order valence-corrected chi connectivity index (χ4v) is 1.52. The normalized spacial score (nSPS) is 15.7. The van der Waals surface area contributed by atoms with Crippen molar-refractivity contribution in [1.82, 2.24) is 0 Å². The standard InChI is InChI=1S/2C7H18NO/c2*1-5-7(9)6-8(2,3)4/h2*7,9H,5-6H2,1-4H3/q2*+1. The third-order valence-corrected chi connectivity index (χ3v) is 2.46. The van der Waals surface area contributed by atoms with Gasteiger partial charge in [0.15, 0.2) is 0 Å². The van der Waals surface area contributed by atoms with Gasteiger partial charge in [0.2, 0.25) is 0 Å². The fourth-order valence-electron chi connectivity index (χ4n) is 1.52. The van der Waals surface area contributed by atoms with E-state index in [9.17, 15) is 10.2 Å². The van der Waals surface area contributed by atoms with E-state index in [0.717, 1.165) is 34.9 Å². The molecule has 0 aromatic carbocycles. The fraction of sp³-hybridized carbons (Fsp3) is 1.00. The zero-order valence-electron chi connectivity index (χ0n) is 13.8. The Balaban J connectivity index is 0. The number of hydrogen-bond donors (Lipinski definition) is 2. The van der Waals surface area contributed by atoms with Crippen LogP contribution >= 0.6 is 0 Å². The van der Waals surface area contributed by atoms with Crippen molar-refractivity contribution in [3.63, 3.8) is 0 Å². The number of quaternary nitrogens is 2. The van der Waals surface area contributed by atoms with Gasteiger partial charge in [-0.3, -0.25) is 0 Å². The second-order valence-electron chi connectivity index (χ2n) is 7.07. The summed E-state index contributed by atoms with van der Waals surface area (Å²) in [6, 6.07) is 0. The van der Waals surface area contributed by atoms with Crippen LogP contribution in [0.3, 0.4) is 0 Å². The Morgan fingerprint density at radius 1 is 0.667 bits per heavy atom. The van der Waals surface area contributed by atoms with Crippen molar-refractivity contribution >= 4 is 0 Å². The Bertz CT molecular complexity index is 173. The van der Waals surface area contributed by atoms with Gasteiger partial charge in [-0.2, -0.15) is 0 Å². The molecule has 0 spiro atoms. The molecule has 0 saturated carbocycles. The van der Waals surface area contributed by atoms with Gasteiger partial charge in [0.05, 0.1) is 42.3 Å². The summed E-state index contributed by atoms with van der Waals surface area (Å²) in [5.41, 5.74) is 0. The van der Waals surface area contributed by atoms with Gasteiger partial charge < -0.3 is 19.2 Å². The maximum atomic E-state index is 9.18. The summed E-state index contributed by atoms with van der Waals surface area (Å²) in [6.45, 7) is 5.69. The first-order chi connectivity index (χ1) is 7.91. The van der Waals surface area contributed by atoms with Crippen LogP contribution in [0.15, 0.2) is 0 Å². The largest absolute Gasteiger partial charge is 0.387 e. The molecule has 0 aliphatic rings. The van der Waals surface area contributed by atoms with E-state index in [1.54, 1.807) is 0 Å². The van der Waals surface area contributed by atoms with Crippen LogP contribution in [0, 0.1) is 0 Å². The highest BCUT2D eigenvalue weighted by Crippen LogP contribution is 1.97. The van der Waals surface area contributed by atoms with Crippen LogP contribution in [0.4, 0.5) is 0 Å². The first-order valence-corrected chi connectivity index (χ1v) is 6.88. The highest BCUT2D eigenvalue weighted by Gasteiger charge is 2.13. The van der Waals surface area contributed by atoms with Gasteiger partial charge in [0.1, 0.15) is 25.3 Å². The molecular weight excluding hydrogens is 228 g/mol. The quantitative estimate of drug-likeness (QED) is 0.701. The lowest BCUT2D eigenvalue weighted by Gasteiger charge is -2.26. The van der Waals surface area contributed by atoms with Crippen LogP contribution in [-0.2, 0) is 0 Å². The molecule has 0 aromatic heterocycles. The van der Waals surface area contributed by atoms with Gasteiger partial charge in [-0.15, -0.1) is 0 Å². The van der Waals surface area contributed by atoms with E-state index in [0.29, 0.717) is 0 Å². The molecule has 18 heavy (non-hydrogen) atoms. The summed E-state index contributed by atoms with van der Waals surface area (Å²) in [7, 11) is 12.5. The topological polar surface area (TPSA) is 40.5 Å². The van der Waals surface area contributed by atoms with E-state index < -0.39 is 0 Å². The molecule has 0 rings (SSSR count). The second-order valence-corrected chi connectivity index (χ2v) is 7.07. The second kappa shape index (κ2) is 8.86. The predicted octanol–water partition coefficient (Wildman–Crippen LogP) is 0.927. The first kappa shape index (κ1) is 20.2. The average Bonchev–Trinajstić information content (AvgIpc) is 2.13. The maximum Gasteiger partial charge on any atom is 0.104 e. The molecule has 0 amide bonds. The van der Waals surface area contributed by atoms with Crippen molar-refractivity contribution in [2.75, 3.05) is 55.4 Å². The molecule has 0 bridgehead atoms. The molecule has 0 aliphatic heterocycles. The molecule has 2 N–H and O–H groups in total. The number of rotatable bonds is 6. The van der Waals surface area contributed by atoms with Crippen LogP contribution in [0.5, 0.6) is 0 Å². The van der Waals surface area contributed by atoms with Gasteiger partial charge in [0, 0.05) is 0 Å². The Morgan fingerprint density at radius 2 is 0.889 bits per heavy atom. The summed E-state index contributed by atoms with van der Waals surface area (Å²) >= 11 is 0. The number of likely N-dealkylation sites (N-methyl/N-ethyl adjacent to an activating group) is 2. The van der Waals surface area contributed by atoms with Crippen molar-refractivity contribution < 1.29 is 19.2 Å². The SMILES string of the molecule is CCC(O)C[N+](C)(C)C.CCC(O)C[N+](C)(C)C. The zero-order valence-corrected chi connectivity index (χ0v) is 13.8. The maximum absolute atomic E-state index is 9.18. The molecule has 4 nitrogen and oxygen atoms in total. The van der Waals surface area contributed by atoms with E-state index in [1.165, 1.54) is 0 Å². The first-order valence-electron chi connectivity index (χ1n) is 6.88. The Labute approximate surface area is 114 Å². The van der Waals surface area contributed by atoms with Gasteiger partial charge in [-0.25, -0.2) is 0 Å². The highest BCUT2D eigenvalue weighted by molar-refractivity contribution is 4.47. The molecule has 2 unspecified atom stereocenters. The highest BCUT2D eigenvalue weighted by atomic mass is 16.3. The summed E-state index contributed by atoms with van der Waals surface area (Å²) < 4.78 is 1.68. The van der Waals surface area contributed by atoms with Crippen molar-refractivity contribution in [1.29, 1.82) is 0 Å². The molecule has 0 heterocycles. The average molecular weight is 264 g/mol. The Morgan fingerprint density at radius 3 is 0.944 bits per heavy atom. The lowest BCUT2D eigenvalue weighted by atomic mass is 10.2. The minimum Gasteiger partial charge on any atom is -0.387 e. The molecule has 0 fully saturated rings. The summed E-state index contributed by atoms with van der Waals surface area (Å²) in [4.78, 5) is 0. The third kappa shape index (κ3) is 18.2. The van der Waals surface area contributed by atoms with Gasteiger partial charge in [-0.05, 0) is 12.8 Å². The lowest BCUT2D eigenvalue weighted by Crippen LogP contribution is -2.41. The summed E-state index contributed by atoms with van der Waals surface area (Å²) in [5, 5.41) is 18.4. The molecular formula is C14H36N2O2+2. The predicted molar refractivity (Wildman–Crippen MR) is 78.4 cm³/mol. The molecule has 0 radical (unpaired) electrons. The van der Waals surface area contributed by atoms with E-state index >= 15 is 0 Å². The van der Waals surface area contributed by atoms with Crippen molar-refractivity contribution in [2.24, 2.45) is 0 Å². The van der Waals surface area contributed by atoms with Crippen LogP contribution < -0.4 is 0 Å². The Kier molecular flexibility index (Phi) is 9.92. The number of hydrogen-bond acceptors (Lipinski definition) is 2. The van der Waals surface area contributed by atoms with Crippen LogP contribution in [-0.4, -0.2) is 86.8 Å². The monoisotopic (exact) mass is 264 g/mol. The minimum atomic E-state index is -0.134. The van der Waals surface area contributed by atoms with Crippen LogP contribution in [0.2, 0.25) is 0 Å². The molecule has 2 atom stereocenters. The number of aliphatic hydroxyl groups excluding tert-OH is 2. The zero-order chi connectivity index (χ0) is 15.0. The minimum absolute atomic E-state index is 0.134. The van der Waals surface area contributed by atoms with Crippen LogP contribution in [0.1, 0.15) is 26.7 Å². The van der Waals surface area contributed by atoms with Crippen molar-refractivity contribution in [2.45, 2.75) is 38.9 Å². The lowest BCUT2D eigenvalue weighted by molar-refractivity contribution is -0.873. The smallest absolute Gasteiger partial charge is 0.104 e. The summed E-state index contributed by atoms with van der Waals surface area (Å²) in [5.74, 6) is 0. The number of aliphatic hydroxyl groups is 2. The van der Waals surface area contributed by atoms with Crippen molar-refractivity contribution in [3.05, 3.63) is 0 Å². The number of nitrogens with zero attached hydrogens (tertiary/aromatic N) is 2. The third-order valence-electron chi connectivity index (χ3n) is 2.46. The molecule has 4 heteroatoms. The van der Waals surface area contributed by atoms with Gasteiger partial charge >= 0.3 is 0 Å². The van der Waals surface area contributed by atoms with Crippen molar-refractivity contribution in [3.8, 4) is 0 Å². The molecule has 0 aliphatic carbocycles. The van der Waals surface area contributed by atoms with Crippen LogP contribution in [0.25, 0.3) is 0 Å².